The minimum Gasteiger partial charge on any atom is -0.336 e. The summed E-state index contributed by atoms with van der Waals surface area (Å²) in [4.78, 5) is 17.5. The van der Waals surface area contributed by atoms with Gasteiger partial charge in [-0.1, -0.05) is 17.7 Å². The van der Waals surface area contributed by atoms with Crippen molar-refractivity contribution >= 4 is 23.2 Å². The normalized spacial score (nSPS) is 22.3. The number of pyridine rings is 1. The summed E-state index contributed by atoms with van der Waals surface area (Å²) < 4.78 is 15.3. The molecule has 8 heteroatoms. The molecule has 3 aromatic rings. The summed E-state index contributed by atoms with van der Waals surface area (Å²) in [7, 11) is 0. The smallest absolute Gasteiger partial charge is 0.255 e. The van der Waals surface area contributed by atoms with Gasteiger partial charge in [-0.2, -0.15) is 0 Å². The Morgan fingerprint density at radius 1 is 1.13 bits per heavy atom. The topological polar surface area (TPSA) is 53.7 Å². The van der Waals surface area contributed by atoms with Gasteiger partial charge in [-0.15, -0.1) is 10.2 Å². The summed E-state index contributed by atoms with van der Waals surface area (Å²) in [6.45, 7) is 5.07. The first-order valence-corrected chi connectivity index (χ1v) is 10.7. The minimum atomic E-state index is -0.374. The molecular formula is C22H23ClFN5O. The quantitative estimate of drug-likeness (QED) is 0.627. The first-order valence-electron chi connectivity index (χ1n) is 10.3. The highest BCUT2D eigenvalue weighted by atomic mass is 35.5. The van der Waals surface area contributed by atoms with Crippen molar-refractivity contribution in [2.24, 2.45) is 0 Å². The van der Waals surface area contributed by atoms with Gasteiger partial charge in [0.25, 0.3) is 5.91 Å². The predicted molar refractivity (Wildman–Crippen MR) is 112 cm³/mol. The second-order valence-electron chi connectivity index (χ2n) is 8.24. The molecule has 0 aliphatic carbocycles. The lowest BCUT2D eigenvalue weighted by Gasteiger charge is -2.46. The highest BCUT2D eigenvalue weighted by Gasteiger charge is 2.35. The zero-order valence-corrected chi connectivity index (χ0v) is 17.5. The van der Waals surface area contributed by atoms with Gasteiger partial charge in [0, 0.05) is 38.4 Å². The van der Waals surface area contributed by atoms with Crippen LogP contribution in [-0.4, -0.2) is 62.5 Å². The summed E-state index contributed by atoms with van der Waals surface area (Å²) in [5.74, 6) is 0.794. The SMILES string of the molecule is Cc1nnc2ccc(C(=O)N3CCN4C[C@@H](c5ccc(F)c(Cl)c5)CC[C@@H]4C3)cn12. The molecule has 0 N–H and O–H groups in total. The van der Waals surface area contributed by atoms with Gasteiger partial charge in [0.2, 0.25) is 0 Å². The zero-order valence-electron chi connectivity index (χ0n) is 16.8. The van der Waals surface area contributed by atoms with Crippen LogP contribution in [-0.2, 0) is 0 Å². The average molecular weight is 428 g/mol. The van der Waals surface area contributed by atoms with Crippen LogP contribution in [0.15, 0.2) is 36.5 Å². The van der Waals surface area contributed by atoms with Crippen molar-refractivity contribution in [1.29, 1.82) is 0 Å². The van der Waals surface area contributed by atoms with Gasteiger partial charge < -0.3 is 4.90 Å². The third-order valence-corrected chi connectivity index (χ3v) is 6.72. The van der Waals surface area contributed by atoms with Gasteiger partial charge in [-0.25, -0.2) is 4.39 Å². The first kappa shape index (κ1) is 19.5. The maximum Gasteiger partial charge on any atom is 0.255 e. The molecule has 4 heterocycles. The number of amides is 1. The van der Waals surface area contributed by atoms with E-state index in [1.807, 2.05) is 40.6 Å². The third kappa shape index (κ3) is 3.46. The van der Waals surface area contributed by atoms with Crippen LogP contribution in [0.5, 0.6) is 0 Å². The molecule has 6 nitrogen and oxygen atoms in total. The summed E-state index contributed by atoms with van der Waals surface area (Å²) in [6.07, 6.45) is 3.85. The second kappa shape index (κ2) is 7.63. The number of rotatable bonds is 2. The summed E-state index contributed by atoms with van der Waals surface area (Å²) in [5, 5.41) is 8.32. The molecule has 2 aromatic heterocycles. The number of fused-ring (bicyclic) bond motifs is 2. The summed E-state index contributed by atoms with van der Waals surface area (Å²) >= 11 is 5.98. The Morgan fingerprint density at radius 2 is 2.00 bits per heavy atom. The monoisotopic (exact) mass is 427 g/mol. The van der Waals surface area contributed by atoms with E-state index < -0.39 is 0 Å². The number of halogens is 2. The Balaban J connectivity index is 1.27. The zero-order chi connectivity index (χ0) is 20.8. The molecular weight excluding hydrogens is 405 g/mol. The Labute approximate surface area is 179 Å². The van der Waals surface area contributed by atoms with E-state index in [1.54, 1.807) is 6.07 Å². The minimum absolute atomic E-state index is 0.0529. The predicted octanol–water partition coefficient (Wildman–Crippen LogP) is 3.53. The maximum absolute atomic E-state index is 13.5. The largest absolute Gasteiger partial charge is 0.336 e. The van der Waals surface area contributed by atoms with Crippen molar-refractivity contribution in [3.8, 4) is 0 Å². The molecule has 0 radical (unpaired) electrons. The highest BCUT2D eigenvalue weighted by molar-refractivity contribution is 6.30. The molecule has 2 saturated heterocycles. The van der Waals surface area contributed by atoms with E-state index in [-0.39, 0.29) is 16.7 Å². The standard InChI is InChI=1S/C22H23ClFN5O/c1-14-25-26-21-7-4-17(12-29(14)21)22(30)28-9-8-27-11-16(2-5-18(27)13-28)15-3-6-20(24)19(23)10-15/h3-4,6-7,10,12,16,18H,2,5,8-9,11,13H2,1H3/t16-,18+/m0/s1. The lowest BCUT2D eigenvalue weighted by atomic mass is 9.86. The molecule has 2 aliphatic rings. The lowest BCUT2D eigenvalue weighted by Crippen LogP contribution is -2.57. The van der Waals surface area contributed by atoms with Crippen LogP contribution >= 0.6 is 11.6 Å². The molecule has 5 rings (SSSR count). The lowest BCUT2D eigenvalue weighted by molar-refractivity contribution is 0.0329. The average Bonchev–Trinajstić information content (AvgIpc) is 3.14. The molecule has 156 valence electrons. The number of aromatic nitrogens is 3. The van der Waals surface area contributed by atoms with Gasteiger partial charge in [-0.05, 0) is 55.5 Å². The molecule has 0 unspecified atom stereocenters. The Bertz CT molecular complexity index is 1120. The molecule has 2 atom stereocenters. The van der Waals surface area contributed by atoms with E-state index >= 15 is 0 Å². The van der Waals surface area contributed by atoms with E-state index in [2.05, 4.69) is 15.1 Å². The number of aryl methyl sites for hydroxylation is 1. The second-order valence-corrected chi connectivity index (χ2v) is 8.65. The van der Waals surface area contributed by atoms with Crippen LogP contribution in [0.3, 0.4) is 0 Å². The van der Waals surface area contributed by atoms with Crippen LogP contribution in [0.25, 0.3) is 5.65 Å². The number of piperazine rings is 1. The van der Waals surface area contributed by atoms with Gasteiger partial charge in [0.05, 0.1) is 10.6 Å². The fourth-order valence-corrected chi connectivity index (χ4v) is 4.90. The molecule has 0 bridgehead atoms. The number of nitrogens with zero attached hydrogens (tertiary/aromatic N) is 5. The molecule has 2 aliphatic heterocycles. The van der Waals surface area contributed by atoms with Crippen molar-refractivity contribution in [1.82, 2.24) is 24.4 Å². The number of carbonyl (C=O) groups excluding carboxylic acids is 1. The Morgan fingerprint density at radius 3 is 2.83 bits per heavy atom. The van der Waals surface area contributed by atoms with Gasteiger partial charge in [-0.3, -0.25) is 14.1 Å². The van der Waals surface area contributed by atoms with E-state index in [1.165, 1.54) is 6.07 Å². The van der Waals surface area contributed by atoms with E-state index in [4.69, 9.17) is 11.6 Å². The number of piperidine rings is 1. The van der Waals surface area contributed by atoms with Gasteiger partial charge in [0.15, 0.2) is 5.65 Å². The summed E-state index contributed by atoms with van der Waals surface area (Å²) in [5.41, 5.74) is 2.50. The molecule has 2 fully saturated rings. The van der Waals surface area contributed by atoms with Crippen molar-refractivity contribution < 1.29 is 9.18 Å². The van der Waals surface area contributed by atoms with Crippen LogP contribution in [0.2, 0.25) is 5.02 Å². The van der Waals surface area contributed by atoms with Crippen LogP contribution in [0.4, 0.5) is 4.39 Å². The van der Waals surface area contributed by atoms with Crippen molar-refractivity contribution in [2.75, 3.05) is 26.2 Å². The molecule has 30 heavy (non-hydrogen) atoms. The van der Waals surface area contributed by atoms with Crippen molar-refractivity contribution in [2.45, 2.75) is 31.7 Å². The van der Waals surface area contributed by atoms with Crippen molar-refractivity contribution in [3.05, 3.63) is 64.3 Å². The molecule has 1 amide bonds. The van der Waals surface area contributed by atoms with Gasteiger partial charge >= 0.3 is 0 Å². The van der Waals surface area contributed by atoms with E-state index in [9.17, 15) is 9.18 Å². The molecule has 0 saturated carbocycles. The van der Waals surface area contributed by atoms with E-state index in [0.717, 1.165) is 49.5 Å². The molecule has 0 spiro atoms. The maximum atomic E-state index is 13.5. The van der Waals surface area contributed by atoms with Crippen LogP contribution < -0.4 is 0 Å². The van der Waals surface area contributed by atoms with E-state index in [0.29, 0.717) is 24.1 Å². The highest BCUT2D eigenvalue weighted by Crippen LogP contribution is 2.33. The van der Waals surface area contributed by atoms with Crippen LogP contribution in [0, 0.1) is 12.7 Å². The van der Waals surface area contributed by atoms with Gasteiger partial charge in [0.1, 0.15) is 11.6 Å². The Hall–Kier alpha value is -2.51. The number of hydrogen-bond acceptors (Lipinski definition) is 4. The van der Waals surface area contributed by atoms with Crippen LogP contribution in [0.1, 0.15) is 40.5 Å². The third-order valence-electron chi connectivity index (χ3n) is 6.43. The summed E-state index contributed by atoms with van der Waals surface area (Å²) in [6, 6.07) is 9.07. The van der Waals surface area contributed by atoms with Crippen molar-refractivity contribution in [3.63, 3.8) is 0 Å². The fraction of sp³-hybridized carbons (Fsp3) is 0.409. The number of hydrogen-bond donors (Lipinski definition) is 0. The molecule has 1 aromatic carbocycles. The Kier molecular flexibility index (Phi) is 4.95. The fourth-order valence-electron chi connectivity index (χ4n) is 4.71. The number of benzene rings is 1. The first-order chi connectivity index (χ1) is 14.5. The number of carbonyl (C=O) groups is 1.